The van der Waals surface area contributed by atoms with Gasteiger partial charge in [0.15, 0.2) is 0 Å². The Bertz CT molecular complexity index is 352. The van der Waals surface area contributed by atoms with Crippen LogP contribution in [0.2, 0.25) is 0 Å². The molecule has 0 bridgehead atoms. The number of hydrogen-bond acceptors (Lipinski definition) is 5. The number of thioether (sulfide) groups is 1. The molecule has 2 aliphatic heterocycles. The lowest BCUT2D eigenvalue weighted by Crippen LogP contribution is -2.48. The average molecular weight is 250 g/mol. The van der Waals surface area contributed by atoms with Gasteiger partial charge in [0.25, 0.3) is 0 Å². The first kappa shape index (κ1) is 11.4. The molecule has 4 nitrogen and oxygen atoms in total. The summed E-state index contributed by atoms with van der Waals surface area (Å²) < 4.78 is 0. The number of fused-ring (bicyclic) bond motifs is 1. The number of nitrogens with zero attached hydrogens (tertiary/aromatic N) is 4. The third kappa shape index (κ3) is 2.61. The summed E-state index contributed by atoms with van der Waals surface area (Å²) in [4.78, 5) is 8.53. The summed E-state index contributed by atoms with van der Waals surface area (Å²) in [5.41, 5.74) is 2.58. The smallest absolute Gasteiger partial charge is 0.115 e. The predicted molar refractivity (Wildman–Crippen MR) is 69.9 cm³/mol. The average Bonchev–Trinajstić information content (AvgIpc) is 2.62. The van der Waals surface area contributed by atoms with Gasteiger partial charge in [0, 0.05) is 56.0 Å². The first-order valence-corrected chi connectivity index (χ1v) is 7.44. The third-order valence-corrected chi connectivity index (χ3v) is 4.46. The van der Waals surface area contributed by atoms with E-state index in [9.17, 15) is 0 Å². The first-order chi connectivity index (χ1) is 8.43. The van der Waals surface area contributed by atoms with Crippen molar-refractivity contribution in [2.75, 3.05) is 37.7 Å². The fourth-order valence-corrected chi connectivity index (χ4v) is 3.42. The van der Waals surface area contributed by atoms with Crippen LogP contribution in [0.4, 0.5) is 0 Å². The Labute approximate surface area is 106 Å². The van der Waals surface area contributed by atoms with Gasteiger partial charge in [0.2, 0.25) is 0 Å². The maximum Gasteiger partial charge on any atom is 0.115 e. The molecule has 0 spiro atoms. The van der Waals surface area contributed by atoms with Gasteiger partial charge in [-0.1, -0.05) is 0 Å². The summed E-state index contributed by atoms with van der Waals surface area (Å²) in [7, 11) is 0. The van der Waals surface area contributed by atoms with Crippen LogP contribution < -0.4 is 0 Å². The largest absolute Gasteiger partial charge is 0.245 e. The Morgan fingerprint density at radius 1 is 1.00 bits per heavy atom. The van der Waals surface area contributed by atoms with E-state index in [1.54, 1.807) is 6.33 Å². The summed E-state index contributed by atoms with van der Waals surface area (Å²) in [6.07, 6.45) is 5.80. The summed E-state index contributed by atoms with van der Waals surface area (Å²) >= 11 is 2.06. The van der Waals surface area contributed by atoms with Crippen LogP contribution >= 0.6 is 11.8 Å². The van der Waals surface area contributed by atoms with Gasteiger partial charge in [0.1, 0.15) is 6.33 Å². The van der Waals surface area contributed by atoms with Gasteiger partial charge < -0.3 is 0 Å². The fourth-order valence-electron chi connectivity index (χ4n) is 2.53. The van der Waals surface area contributed by atoms with E-state index in [0.29, 0.717) is 0 Å². The molecule has 0 amide bonds. The van der Waals surface area contributed by atoms with Crippen molar-refractivity contribution in [3.8, 4) is 0 Å². The second-order valence-electron chi connectivity index (χ2n) is 4.51. The highest BCUT2D eigenvalue weighted by molar-refractivity contribution is 7.99. The summed E-state index contributed by atoms with van der Waals surface area (Å²) in [6.45, 7) is 4.62. The summed E-state index contributed by atoms with van der Waals surface area (Å²) in [6, 6.07) is 0. The zero-order valence-electron chi connectivity index (χ0n) is 10.0. The fraction of sp³-hybridized carbons (Fsp3) is 0.667. The van der Waals surface area contributed by atoms with Crippen LogP contribution in [0, 0.1) is 0 Å². The van der Waals surface area contributed by atoms with E-state index in [0.717, 1.165) is 25.9 Å². The predicted octanol–water partition coefficient (Wildman–Crippen LogP) is 0.841. The van der Waals surface area contributed by atoms with E-state index in [-0.39, 0.29) is 0 Å². The molecule has 0 atom stereocenters. The lowest BCUT2D eigenvalue weighted by molar-refractivity contribution is -0.0127. The number of hydrazine groups is 1. The van der Waals surface area contributed by atoms with Gasteiger partial charge in [-0.15, -0.1) is 0 Å². The summed E-state index contributed by atoms with van der Waals surface area (Å²) in [5, 5.41) is 5.04. The van der Waals surface area contributed by atoms with E-state index in [1.165, 1.54) is 35.9 Å². The first-order valence-electron chi connectivity index (χ1n) is 6.29. The van der Waals surface area contributed by atoms with Crippen LogP contribution in [0.5, 0.6) is 0 Å². The Morgan fingerprint density at radius 2 is 1.76 bits per heavy atom. The minimum absolute atomic E-state index is 1.06. The van der Waals surface area contributed by atoms with Gasteiger partial charge in [-0.25, -0.2) is 20.0 Å². The highest BCUT2D eigenvalue weighted by atomic mass is 32.2. The molecule has 3 rings (SSSR count). The van der Waals surface area contributed by atoms with Crippen molar-refractivity contribution in [2.45, 2.75) is 12.8 Å². The SMILES string of the molecule is c1ncc2c(n1)CCN(N1CCSCC1)CC2. The zero-order chi connectivity index (χ0) is 11.5. The van der Waals surface area contributed by atoms with Gasteiger partial charge in [-0.3, -0.25) is 0 Å². The van der Waals surface area contributed by atoms with Crippen molar-refractivity contribution < 1.29 is 0 Å². The topological polar surface area (TPSA) is 32.3 Å². The maximum atomic E-state index is 4.40. The Morgan fingerprint density at radius 3 is 2.65 bits per heavy atom. The van der Waals surface area contributed by atoms with Crippen molar-refractivity contribution >= 4 is 11.8 Å². The molecule has 5 heteroatoms. The number of hydrogen-bond donors (Lipinski definition) is 0. The molecular weight excluding hydrogens is 232 g/mol. The third-order valence-electron chi connectivity index (χ3n) is 3.51. The van der Waals surface area contributed by atoms with Crippen LogP contribution in [0.3, 0.4) is 0 Å². The second kappa shape index (κ2) is 5.33. The van der Waals surface area contributed by atoms with Crippen LogP contribution in [0.1, 0.15) is 11.3 Å². The lowest BCUT2D eigenvalue weighted by Gasteiger charge is -2.36. The second-order valence-corrected chi connectivity index (χ2v) is 5.74. The van der Waals surface area contributed by atoms with E-state index < -0.39 is 0 Å². The molecule has 3 heterocycles. The van der Waals surface area contributed by atoms with Gasteiger partial charge >= 0.3 is 0 Å². The van der Waals surface area contributed by atoms with Crippen LogP contribution in [0.15, 0.2) is 12.5 Å². The van der Waals surface area contributed by atoms with Crippen molar-refractivity contribution in [3.63, 3.8) is 0 Å². The van der Waals surface area contributed by atoms with E-state index in [1.807, 2.05) is 6.20 Å². The molecule has 0 radical (unpaired) electrons. The van der Waals surface area contributed by atoms with Crippen LogP contribution in [-0.2, 0) is 12.8 Å². The Kier molecular flexibility index (Phi) is 3.59. The molecule has 0 N–H and O–H groups in total. The molecule has 0 saturated carbocycles. The number of aromatic nitrogens is 2. The Balaban J connectivity index is 1.68. The van der Waals surface area contributed by atoms with Gasteiger partial charge in [-0.05, 0) is 12.0 Å². The highest BCUT2D eigenvalue weighted by Gasteiger charge is 2.21. The van der Waals surface area contributed by atoms with E-state index >= 15 is 0 Å². The quantitative estimate of drug-likeness (QED) is 0.737. The summed E-state index contributed by atoms with van der Waals surface area (Å²) in [5.74, 6) is 2.53. The minimum atomic E-state index is 1.06. The van der Waals surface area contributed by atoms with Crippen molar-refractivity contribution in [1.82, 2.24) is 20.0 Å². The zero-order valence-corrected chi connectivity index (χ0v) is 10.8. The molecule has 0 aromatic carbocycles. The molecule has 92 valence electrons. The van der Waals surface area contributed by atoms with E-state index in [2.05, 4.69) is 31.7 Å². The molecule has 2 aliphatic rings. The molecular formula is C12H18N4S. The lowest BCUT2D eigenvalue weighted by atomic mass is 10.1. The highest BCUT2D eigenvalue weighted by Crippen LogP contribution is 2.17. The van der Waals surface area contributed by atoms with E-state index in [4.69, 9.17) is 0 Å². The van der Waals surface area contributed by atoms with Crippen molar-refractivity contribution in [3.05, 3.63) is 23.8 Å². The molecule has 1 aromatic rings. The molecule has 1 saturated heterocycles. The normalized spacial score (nSPS) is 23.1. The standard InChI is InChI=1S/C12H18N4S/c1-3-15(16-5-7-17-8-6-16)4-2-12-11(1)9-13-10-14-12/h9-10H,1-8H2. The number of rotatable bonds is 1. The van der Waals surface area contributed by atoms with Crippen LogP contribution in [-0.4, -0.2) is 57.7 Å². The molecule has 1 aromatic heterocycles. The van der Waals surface area contributed by atoms with Gasteiger partial charge in [0.05, 0.1) is 0 Å². The van der Waals surface area contributed by atoms with Crippen LogP contribution in [0.25, 0.3) is 0 Å². The molecule has 0 aliphatic carbocycles. The monoisotopic (exact) mass is 250 g/mol. The molecule has 17 heavy (non-hydrogen) atoms. The van der Waals surface area contributed by atoms with Gasteiger partial charge in [-0.2, -0.15) is 11.8 Å². The minimum Gasteiger partial charge on any atom is -0.245 e. The molecule has 1 fully saturated rings. The van der Waals surface area contributed by atoms with Crippen molar-refractivity contribution in [2.24, 2.45) is 0 Å². The Hall–Kier alpha value is -0.650. The maximum absolute atomic E-state index is 4.40. The van der Waals surface area contributed by atoms with Crippen molar-refractivity contribution in [1.29, 1.82) is 0 Å². The molecule has 0 unspecified atom stereocenters.